The van der Waals surface area contributed by atoms with Gasteiger partial charge in [-0.15, -0.1) is 0 Å². The van der Waals surface area contributed by atoms with Crippen LogP contribution in [0.5, 0.6) is 5.88 Å². The maximum absolute atomic E-state index is 12.2. The van der Waals surface area contributed by atoms with Crippen molar-refractivity contribution < 1.29 is 14.6 Å². The smallest absolute Gasteiger partial charge is 0.326 e. The Balaban J connectivity index is 1.17. The average molecular weight is 558 g/mol. The molecule has 0 spiro atoms. The van der Waals surface area contributed by atoms with Gasteiger partial charge in [-0.25, -0.2) is 14.8 Å². The van der Waals surface area contributed by atoms with Crippen molar-refractivity contribution in [2.75, 3.05) is 43.4 Å². The van der Waals surface area contributed by atoms with Crippen molar-refractivity contribution in [3.8, 4) is 5.88 Å². The van der Waals surface area contributed by atoms with E-state index in [9.17, 15) is 9.90 Å². The van der Waals surface area contributed by atoms with Crippen LogP contribution in [0, 0.1) is 0 Å². The van der Waals surface area contributed by atoms with Crippen molar-refractivity contribution in [1.29, 1.82) is 0 Å². The molecule has 4 heterocycles. The molecule has 41 heavy (non-hydrogen) atoms. The van der Waals surface area contributed by atoms with Crippen molar-refractivity contribution in [3.63, 3.8) is 0 Å². The number of benzene rings is 1. The first kappa shape index (κ1) is 28.4. The number of carboxylic acids is 1. The molecule has 0 aliphatic carbocycles. The second-order valence-electron chi connectivity index (χ2n) is 10.5. The highest BCUT2D eigenvalue weighted by molar-refractivity contribution is 5.91. The number of unbranched alkanes of at least 4 members (excludes halogenated alkanes) is 1. The van der Waals surface area contributed by atoms with Crippen LogP contribution in [0.3, 0.4) is 0 Å². The molecule has 0 bridgehead atoms. The highest BCUT2D eigenvalue weighted by atomic mass is 16.5. The summed E-state index contributed by atoms with van der Waals surface area (Å²) >= 11 is 0. The second kappa shape index (κ2) is 13.9. The summed E-state index contributed by atoms with van der Waals surface area (Å²) in [6.45, 7) is 3.60. The summed E-state index contributed by atoms with van der Waals surface area (Å²) in [5.41, 5.74) is 3.37. The monoisotopic (exact) mass is 557 g/mol. The number of nitrogens with zero attached hydrogens (tertiary/aromatic N) is 5. The SMILES string of the molecule is Cn1nc(N[C@@H](CCN(CCCCc2ccc3c(n2)NCCC3)CCOc2ccccn2)C(=O)O)c2ccccc21. The topological polar surface area (TPSA) is 117 Å². The first-order valence-corrected chi connectivity index (χ1v) is 14.5. The number of carboxylic acid groups (broad SMARTS) is 1. The molecule has 1 aliphatic heterocycles. The van der Waals surface area contributed by atoms with Gasteiger partial charge in [0.2, 0.25) is 5.88 Å². The number of para-hydroxylation sites is 1. The van der Waals surface area contributed by atoms with E-state index in [0.717, 1.165) is 67.6 Å². The number of rotatable bonds is 15. The molecule has 4 aromatic rings. The quantitative estimate of drug-likeness (QED) is 0.183. The molecule has 0 amide bonds. The maximum Gasteiger partial charge on any atom is 0.326 e. The average Bonchev–Trinajstić information content (AvgIpc) is 3.32. The van der Waals surface area contributed by atoms with Gasteiger partial charge in [0.15, 0.2) is 5.82 Å². The molecule has 0 radical (unpaired) electrons. The van der Waals surface area contributed by atoms with E-state index < -0.39 is 12.0 Å². The summed E-state index contributed by atoms with van der Waals surface area (Å²) in [5.74, 6) is 1.32. The molecule has 1 aromatic carbocycles. The third-order valence-electron chi connectivity index (χ3n) is 7.51. The Labute approximate surface area is 240 Å². The molecule has 1 atom stereocenters. The van der Waals surface area contributed by atoms with Crippen LogP contribution in [0.1, 0.15) is 36.9 Å². The Morgan fingerprint density at radius 1 is 1.12 bits per heavy atom. The van der Waals surface area contributed by atoms with E-state index in [1.807, 2.05) is 49.5 Å². The zero-order valence-electron chi connectivity index (χ0n) is 23.6. The number of anilines is 2. The van der Waals surface area contributed by atoms with Crippen LogP contribution in [0.25, 0.3) is 10.9 Å². The molecule has 3 aromatic heterocycles. The molecule has 0 saturated heterocycles. The van der Waals surface area contributed by atoms with Crippen LogP contribution in [0.2, 0.25) is 0 Å². The van der Waals surface area contributed by atoms with Crippen LogP contribution >= 0.6 is 0 Å². The fourth-order valence-electron chi connectivity index (χ4n) is 5.25. The zero-order valence-corrected chi connectivity index (χ0v) is 23.6. The molecule has 1 aliphatic rings. The molecule has 10 heteroatoms. The first-order valence-electron chi connectivity index (χ1n) is 14.5. The van der Waals surface area contributed by atoms with Crippen molar-refractivity contribution >= 4 is 28.5 Å². The van der Waals surface area contributed by atoms with Crippen LogP contribution in [0.4, 0.5) is 11.6 Å². The summed E-state index contributed by atoms with van der Waals surface area (Å²) in [5, 5.41) is 22.0. The minimum atomic E-state index is -0.892. The van der Waals surface area contributed by atoms with Crippen molar-refractivity contribution in [1.82, 2.24) is 24.6 Å². The molecular formula is C31H39N7O3. The number of ether oxygens (including phenoxy) is 1. The predicted octanol–water partition coefficient (Wildman–Crippen LogP) is 4.38. The number of nitrogens with one attached hydrogen (secondary N) is 2. The number of carbonyl (C=O) groups is 1. The van der Waals surface area contributed by atoms with E-state index in [2.05, 4.69) is 37.7 Å². The largest absolute Gasteiger partial charge is 0.480 e. The van der Waals surface area contributed by atoms with Gasteiger partial charge in [-0.1, -0.05) is 24.3 Å². The second-order valence-corrected chi connectivity index (χ2v) is 10.5. The number of aromatic nitrogens is 4. The van der Waals surface area contributed by atoms with Gasteiger partial charge in [0.1, 0.15) is 18.5 Å². The minimum Gasteiger partial charge on any atom is -0.480 e. The maximum atomic E-state index is 12.2. The fourth-order valence-corrected chi connectivity index (χ4v) is 5.25. The Morgan fingerprint density at radius 2 is 2.00 bits per heavy atom. The highest BCUT2D eigenvalue weighted by Gasteiger charge is 2.21. The Hall–Kier alpha value is -4.18. The predicted molar refractivity (Wildman–Crippen MR) is 161 cm³/mol. The van der Waals surface area contributed by atoms with Gasteiger partial charge in [0, 0.05) is 50.0 Å². The lowest BCUT2D eigenvalue weighted by Crippen LogP contribution is -2.37. The number of aliphatic carboxylic acids is 1. The lowest BCUT2D eigenvalue weighted by molar-refractivity contribution is -0.138. The first-order chi connectivity index (χ1) is 20.1. The van der Waals surface area contributed by atoms with Crippen LogP contribution in [-0.4, -0.2) is 74.6 Å². The number of hydrogen-bond acceptors (Lipinski definition) is 8. The third-order valence-corrected chi connectivity index (χ3v) is 7.51. The Bertz CT molecular complexity index is 1430. The molecule has 216 valence electrons. The molecule has 0 saturated carbocycles. The lowest BCUT2D eigenvalue weighted by Gasteiger charge is -2.24. The number of fused-ring (bicyclic) bond motifs is 2. The molecule has 0 fully saturated rings. The summed E-state index contributed by atoms with van der Waals surface area (Å²) in [7, 11) is 1.86. The van der Waals surface area contributed by atoms with E-state index in [-0.39, 0.29) is 0 Å². The van der Waals surface area contributed by atoms with Crippen LogP contribution in [0.15, 0.2) is 60.8 Å². The van der Waals surface area contributed by atoms with Crippen molar-refractivity contribution in [3.05, 3.63) is 72.1 Å². The summed E-state index contributed by atoms with van der Waals surface area (Å²) in [6, 6.07) is 17.0. The number of aryl methyl sites for hydroxylation is 3. The Kier molecular flexibility index (Phi) is 9.64. The molecule has 3 N–H and O–H groups in total. The van der Waals surface area contributed by atoms with E-state index >= 15 is 0 Å². The van der Waals surface area contributed by atoms with Crippen molar-refractivity contribution in [2.24, 2.45) is 7.05 Å². The lowest BCUT2D eigenvalue weighted by atomic mass is 10.1. The summed E-state index contributed by atoms with van der Waals surface area (Å²) in [6.07, 6.45) is 7.29. The van der Waals surface area contributed by atoms with Gasteiger partial charge >= 0.3 is 5.97 Å². The van der Waals surface area contributed by atoms with E-state index in [1.54, 1.807) is 10.9 Å². The summed E-state index contributed by atoms with van der Waals surface area (Å²) < 4.78 is 7.62. The van der Waals surface area contributed by atoms with E-state index in [1.165, 1.54) is 5.56 Å². The van der Waals surface area contributed by atoms with Gasteiger partial charge in [0.05, 0.1) is 5.52 Å². The standard InChI is InChI=1S/C31H39N7O3/c1-37-27-12-3-2-11-25(27)30(36-37)35-26(31(39)40)16-20-38(21-22-41-28-13-4-6-17-32-28)19-7-5-10-24-15-14-23-9-8-18-33-29(23)34-24/h2-4,6,11-15,17,26H,5,7-10,16,18-22H2,1H3,(H,33,34)(H,35,36)(H,39,40)/t26-/m0/s1. The third kappa shape index (κ3) is 7.73. The van der Waals surface area contributed by atoms with Gasteiger partial charge < -0.3 is 20.5 Å². The van der Waals surface area contributed by atoms with Gasteiger partial charge in [0.25, 0.3) is 0 Å². The normalized spacial score (nSPS) is 13.5. The van der Waals surface area contributed by atoms with Crippen LogP contribution in [-0.2, 0) is 24.7 Å². The number of pyridine rings is 2. The van der Waals surface area contributed by atoms with Gasteiger partial charge in [-0.2, -0.15) is 5.10 Å². The zero-order chi connectivity index (χ0) is 28.4. The molecular weight excluding hydrogens is 518 g/mol. The fraction of sp³-hybridized carbons (Fsp3) is 0.419. The number of hydrogen-bond donors (Lipinski definition) is 3. The Morgan fingerprint density at radius 3 is 2.85 bits per heavy atom. The molecule has 10 nitrogen and oxygen atoms in total. The minimum absolute atomic E-state index is 0.432. The van der Waals surface area contributed by atoms with E-state index in [4.69, 9.17) is 9.72 Å². The highest BCUT2D eigenvalue weighted by Crippen LogP contribution is 2.23. The van der Waals surface area contributed by atoms with E-state index in [0.29, 0.717) is 37.8 Å². The van der Waals surface area contributed by atoms with Crippen LogP contribution < -0.4 is 15.4 Å². The van der Waals surface area contributed by atoms with Crippen molar-refractivity contribution in [2.45, 2.75) is 44.6 Å². The van der Waals surface area contributed by atoms with Gasteiger partial charge in [-0.05, 0) is 74.9 Å². The molecule has 0 unspecified atom stereocenters. The van der Waals surface area contributed by atoms with Gasteiger partial charge in [-0.3, -0.25) is 9.58 Å². The summed E-state index contributed by atoms with van der Waals surface area (Å²) in [4.78, 5) is 23.6. The molecule has 5 rings (SSSR count).